The maximum atomic E-state index is 11.5. The Morgan fingerprint density at radius 2 is 1.83 bits per heavy atom. The lowest BCUT2D eigenvalue weighted by Gasteiger charge is -2.28. The van der Waals surface area contributed by atoms with Crippen LogP contribution in [0, 0.1) is 5.92 Å². The van der Waals surface area contributed by atoms with E-state index >= 15 is 0 Å². The van der Waals surface area contributed by atoms with Crippen molar-refractivity contribution in [3.63, 3.8) is 0 Å². The SMILES string of the molecule is C=C(C)C(=O)OCCC(=Cc1ccc([C@H]2CC[C@H](CCCC)CC2)cc1)C(=O)O. The van der Waals surface area contributed by atoms with E-state index in [2.05, 4.69) is 25.6 Å². The molecular weight excluding hydrogens is 364 g/mol. The van der Waals surface area contributed by atoms with Crippen molar-refractivity contribution in [1.82, 2.24) is 0 Å². The Kier molecular flexibility index (Phi) is 9.17. The molecule has 1 aromatic carbocycles. The highest BCUT2D eigenvalue weighted by molar-refractivity contribution is 5.92. The van der Waals surface area contributed by atoms with Crippen molar-refractivity contribution in [1.29, 1.82) is 0 Å². The number of carbonyl (C=O) groups is 2. The van der Waals surface area contributed by atoms with Crippen LogP contribution in [0.5, 0.6) is 0 Å². The summed E-state index contributed by atoms with van der Waals surface area (Å²) in [5.74, 6) is 0.0197. The van der Waals surface area contributed by atoms with E-state index in [1.54, 1.807) is 13.0 Å². The molecule has 0 aliphatic heterocycles. The summed E-state index contributed by atoms with van der Waals surface area (Å²) in [7, 11) is 0. The molecule has 1 aromatic rings. The van der Waals surface area contributed by atoms with Crippen molar-refractivity contribution in [2.75, 3.05) is 6.61 Å². The predicted octanol–water partition coefficient (Wildman–Crippen LogP) is 6.13. The highest BCUT2D eigenvalue weighted by atomic mass is 16.5. The van der Waals surface area contributed by atoms with Gasteiger partial charge in [-0.3, -0.25) is 0 Å². The number of hydrogen-bond acceptors (Lipinski definition) is 3. The van der Waals surface area contributed by atoms with E-state index in [1.165, 1.54) is 50.5 Å². The van der Waals surface area contributed by atoms with E-state index in [0.717, 1.165) is 11.5 Å². The molecule has 0 saturated heterocycles. The Balaban J connectivity index is 1.92. The molecule has 0 amide bonds. The molecule has 29 heavy (non-hydrogen) atoms. The summed E-state index contributed by atoms with van der Waals surface area (Å²) in [4.78, 5) is 22.9. The number of carboxylic acid groups (broad SMARTS) is 1. The molecule has 1 N–H and O–H groups in total. The summed E-state index contributed by atoms with van der Waals surface area (Å²) in [6, 6.07) is 8.23. The molecule has 0 spiro atoms. The minimum atomic E-state index is -0.995. The molecule has 0 heterocycles. The normalized spacial score (nSPS) is 19.6. The van der Waals surface area contributed by atoms with Gasteiger partial charge in [-0.1, -0.05) is 57.0 Å². The maximum Gasteiger partial charge on any atom is 0.333 e. The third-order valence-electron chi connectivity index (χ3n) is 5.79. The summed E-state index contributed by atoms with van der Waals surface area (Å²) in [5.41, 5.74) is 2.74. The zero-order chi connectivity index (χ0) is 21.2. The lowest BCUT2D eigenvalue weighted by molar-refractivity contribution is -0.139. The first-order valence-corrected chi connectivity index (χ1v) is 10.8. The average Bonchev–Trinajstić information content (AvgIpc) is 2.72. The second-order valence-corrected chi connectivity index (χ2v) is 8.17. The molecule has 1 saturated carbocycles. The van der Waals surface area contributed by atoms with E-state index in [4.69, 9.17) is 4.74 Å². The second kappa shape index (κ2) is 11.6. The van der Waals surface area contributed by atoms with Gasteiger partial charge in [0.15, 0.2) is 0 Å². The Bertz CT molecular complexity index is 722. The molecule has 1 aliphatic carbocycles. The second-order valence-electron chi connectivity index (χ2n) is 8.17. The monoisotopic (exact) mass is 398 g/mol. The van der Waals surface area contributed by atoms with Gasteiger partial charge in [-0.2, -0.15) is 0 Å². The maximum absolute atomic E-state index is 11.5. The first-order chi connectivity index (χ1) is 13.9. The van der Waals surface area contributed by atoms with Crippen LogP contribution in [0.3, 0.4) is 0 Å². The molecule has 4 nitrogen and oxygen atoms in total. The molecule has 2 rings (SSSR count). The zero-order valence-electron chi connectivity index (χ0n) is 17.8. The van der Waals surface area contributed by atoms with Crippen LogP contribution in [0.15, 0.2) is 42.0 Å². The molecule has 158 valence electrons. The van der Waals surface area contributed by atoms with E-state index in [9.17, 15) is 14.7 Å². The lowest BCUT2D eigenvalue weighted by atomic mass is 9.77. The van der Waals surface area contributed by atoms with Crippen LogP contribution in [0.2, 0.25) is 0 Å². The van der Waals surface area contributed by atoms with Crippen molar-refractivity contribution in [3.05, 3.63) is 53.1 Å². The Morgan fingerprint density at radius 1 is 1.17 bits per heavy atom. The zero-order valence-corrected chi connectivity index (χ0v) is 17.8. The van der Waals surface area contributed by atoms with Gasteiger partial charge >= 0.3 is 11.9 Å². The third kappa shape index (κ3) is 7.52. The van der Waals surface area contributed by atoms with Crippen LogP contribution in [-0.4, -0.2) is 23.7 Å². The minimum Gasteiger partial charge on any atom is -0.478 e. The fourth-order valence-corrected chi connectivity index (χ4v) is 3.96. The smallest absolute Gasteiger partial charge is 0.333 e. The molecule has 0 unspecified atom stereocenters. The van der Waals surface area contributed by atoms with E-state index < -0.39 is 11.9 Å². The van der Waals surface area contributed by atoms with Crippen LogP contribution < -0.4 is 0 Å². The number of aliphatic carboxylic acids is 1. The van der Waals surface area contributed by atoms with Gasteiger partial charge in [-0.25, -0.2) is 9.59 Å². The van der Waals surface area contributed by atoms with Crippen LogP contribution in [0.25, 0.3) is 6.08 Å². The number of rotatable bonds is 10. The fourth-order valence-electron chi connectivity index (χ4n) is 3.96. The van der Waals surface area contributed by atoms with Gasteiger partial charge in [0.2, 0.25) is 0 Å². The van der Waals surface area contributed by atoms with E-state index in [1.807, 2.05) is 12.1 Å². The number of carboxylic acids is 1. The Morgan fingerprint density at radius 3 is 2.38 bits per heavy atom. The van der Waals surface area contributed by atoms with Crippen molar-refractivity contribution in [2.24, 2.45) is 5.92 Å². The van der Waals surface area contributed by atoms with Crippen molar-refractivity contribution in [3.8, 4) is 0 Å². The predicted molar refractivity (Wildman–Crippen MR) is 117 cm³/mol. The van der Waals surface area contributed by atoms with E-state index in [-0.39, 0.29) is 18.6 Å². The van der Waals surface area contributed by atoms with Gasteiger partial charge in [0.1, 0.15) is 0 Å². The lowest BCUT2D eigenvalue weighted by Crippen LogP contribution is -2.13. The number of hydrogen-bond donors (Lipinski definition) is 1. The molecule has 0 atom stereocenters. The molecule has 1 fully saturated rings. The van der Waals surface area contributed by atoms with Gasteiger partial charge in [0.25, 0.3) is 0 Å². The molecule has 4 heteroatoms. The first kappa shape index (κ1) is 22.9. The number of esters is 1. The van der Waals surface area contributed by atoms with Crippen LogP contribution in [0.4, 0.5) is 0 Å². The largest absolute Gasteiger partial charge is 0.478 e. The Hall–Kier alpha value is -2.36. The number of unbranched alkanes of at least 4 members (excludes halogenated alkanes) is 1. The summed E-state index contributed by atoms with van der Waals surface area (Å²) in [5, 5.41) is 9.43. The summed E-state index contributed by atoms with van der Waals surface area (Å²) in [6.07, 6.45) is 10.9. The standard InChI is InChI=1S/C25H34O4/c1-4-5-6-19-7-11-21(12-8-19)22-13-9-20(10-14-22)17-23(24(26)27)15-16-29-25(28)18(2)3/h9-10,13-14,17,19,21H,2,4-8,11-12,15-16H2,1,3H3,(H,26,27)/t19-,21-. The third-order valence-corrected chi connectivity index (χ3v) is 5.79. The van der Waals surface area contributed by atoms with Gasteiger partial charge in [0.05, 0.1) is 6.61 Å². The van der Waals surface area contributed by atoms with E-state index in [0.29, 0.717) is 11.5 Å². The van der Waals surface area contributed by atoms with Gasteiger partial charge in [-0.05, 0) is 61.6 Å². The van der Waals surface area contributed by atoms with Crippen molar-refractivity contribution < 1.29 is 19.4 Å². The number of carbonyl (C=O) groups excluding carboxylic acids is 1. The average molecular weight is 399 g/mol. The highest BCUT2D eigenvalue weighted by Gasteiger charge is 2.21. The fraction of sp³-hybridized carbons (Fsp3) is 0.520. The van der Waals surface area contributed by atoms with Gasteiger partial charge in [0, 0.05) is 17.6 Å². The topological polar surface area (TPSA) is 63.6 Å². The molecule has 0 bridgehead atoms. The number of ether oxygens (including phenoxy) is 1. The van der Waals surface area contributed by atoms with Gasteiger partial charge in [-0.15, -0.1) is 0 Å². The molecule has 0 aromatic heterocycles. The summed E-state index contributed by atoms with van der Waals surface area (Å²) in [6.45, 7) is 7.37. The van der Waals surface area contributed by atoms with Gasteiger partial charge < -0.3 is 9.84 Å². The molecular formula is C25H34O4. The number of benzene rings is 1. The van der Waals surface area contributed by atoms with Crippen LogP contribution in [0.1, 0.15) is 82.3 Å². The summed E-state index contributed by atoms with van der Waals surface area (Å²) >= 11 is 0. The molecule has 0 radical (unpaired) electrons. The summed E-state index contributed by atoms with van der Waals surface area (Å²) < 4.78 is 5.01. The minimum absolute atomic E-state index is 0.0309. The Labute approximate surface area is 174 Å². The first-order valence-electron chi connectivity index (χ1n) is 10.8. The van der Waals surface area contributed by atoms with Crippen molar-refractivity contribution >= 4 is 18.0 Å². The van der Waals surface area contributed by atoms with Crippen LogP contribution in [-0.2, 0) is 14.3 Å². The van der Waals surface area contributed by atoms with Crippen molar-refractivity contribution in [2.45, 2.75) is 71.1 Å². The quantitative estimate of drug-likeness (QED) is 0.380. The molecule has 1 aliphatic rings. The highest BCUT2D eigenvalue weighted by Crippen LogP contribution is 2.37. The van der Waals surface area contributed by atoms with Crippen LogP contribution >= 0.6 is 0 Å².